The van der Waals surface area contributed by atoms with E-state index in [1.54, 1.807) is 5.56 Å². The first-order chi connectivity index (χ1) is 22.7. The molecule has 0 amide bonds. The molecule has 0 heterocycles. The molecule has 0 nitrogen and oxygen atoms in total. The molecule has 1 heteroatoms. The third kappa shape index (κ3) is 22.9. The zero-order valence-corrected chi connectivity index (χ0v) is 32.9. The monoisotopic (exact) mass is 656 g/mol. The minimum atomic E-state index is -1.17. The number of rotatable bonds is 36. The molecule has 1 rings (SSSR count). The second-order valence-electron chi connectivity index (χ2n) is 15.0. The van der Waals surface area contributed by atoms with E-state index in [1.165, 1.54) is 211 Å². The van der Waals surface area contributed by atoms with E-state index in [0.29, 0.717) is 5.66 Å². The van der Waals surface area contributed by atoms with Crippen LogP contribution in [0.3, 0.4) is 0 Å². The van der Waals surface area contributed by atoms with Gasteiger partial charge in [-0.05, 0) is 50.2 Å². The van der Waals surface area contributed by atoms with Gasteiger partial charge in [0.25, 0.3) is 0 Å². The van der Waals surface area contributed by atoms with Crippen LogP contribution in [0.15, 0.2) is 43.0 Å². The van der Waals surface area contributed by atoms with Gasteiger partial charge in [0.15, 0.2) is 0 Å². The van der Waals surface area contributed by atoms with Crippen molar-refractivity contribution < 1.29 is 0 Å². The van der Waals surface area contributed by atoms with Gasteiger partial charge in [0, 0.05) is 7.26 Å². The molecule has 0 bridgehead atoms. The van der Waals surface area contributed by atoms with Crippen molar-refractivity contribution in [1.82, 2.24) is 0 Å². The standard InChI is InChI=1S/C45H84P/c1-5-9-12-15-18-21-24-27-30-36-41-46(45(8-4)44-39-34-33-35-40-44,42-37-31-28-25-22-19-16-13-10-6-2)43-38-32-29-26-23-20-17-14-11-7-3/h8,33-35,39-40,45H,4-7,9-32,36-38,41-43H2,1-3H3/q+1. The minimum absolute atomic E-state index is 0.601. The zero-order chi connectivity index (χ0) is 33.2. The van der Waals surface area contributed by atoms with Gasteiger partial charge < -0.3 is 0 Å². The summed E-state index contributed by atoms with van der Waals surface area (Å²) in [6.07, 6.45) is 50.2. The summed E-state index contributed by atoms with van der Waals surface area (Å²) < 4.78 is 0. The minimum Gasteiger partial charge on any atom is -0.0989 e. The maximum Gasteiger partial charge on any atom is 0.112 e. The van der Waals surface area contributed by atoms with Crippen LogP contribution in [0.4, 0.5) is 0 Å². The quantitative estimate of drug-likeness (QED) is 0.0383. The molecule has 1 unspecified atom stereocenters. The van der Waals surface area contributed by atoms with Crippen LogP contribution in [-0.2, 0) is 0 Å². The highest BCUT2D eigenvalue weighted by Gasteiger charge is 2.43. The predicted molar refractivity (Wildman–Crippen MR) is 216 cm³/mol. The van der Waals surface area contributed by atoms with Crippen molar-refractivity contribution in [3.8, 4) is 0 Å². The topological polar surface area (TPSA) is 0 Å². The molecule has 0 aliphatic rings. The highest BCUT2D eigenvalue weighted by molar-refractivity contribution is 7.76. The van der Waals surface area contributed by atoms with E-state index in [2.05, 4.69) is 63.8 Å². The Balaban J connectivity index is 2.75. The van der Waals surface area contributed by atoms with E-state index in [-0.39, 0.29) is 0 Å². The highest BCUT2D eigenvalue weighted by Crippen LogP contribution is 2.71. The summed E-state index contributed by atoms with van der Waals surface area (Å²) in [6.45, 7) is 11.5. The molecular formula is C45H84P+. The summed E-state index contributed by atoms with van der Waals surface area (Å²) in [5, 5.41) is 0. The lowest BCUT2D eigenvalue weighted by atomic mass is 10.1. The molecule has 0 N–H and O–H groups in total. The Morgan fingerprint density at radius 1 is 0.413 bits per heavy atom. The Morgan fingerprint density at radius 3 is 0.935 bits per heavy atom. The smallest absolute Gasteiger partial charge is 0.0989 e. The molecule has 268 valence electrons. The summed E-state index contributed by atoms with van der Waals surface area (Å²) in [5.41, 5.74) is 2.17. The third-order valence-corrected chi connectivity index (χ3v) is 16.1. The van der Waals surface area contributed by atoms with Gasteiger partial charge in [0.05, 0.1) is 18.5 Å². The van der Waals surface area contributed by atoms with Crippen LogP contribution < -0.4 is 0 Å². The lowest BCUT2D eigenvalue weighted by molar-refractivity contribution is 0.559. The number of benzene rings is 1. The van der Waals surface area contributed by atoms with Gasteiger partial charge in [-0.2, -0.15) is 0 Å². The van der Waals surface area contributed by atoms with Gasteiger partial charge in [0.2, 0.25) is 0 Å². The molecule has 0 aromatic heterocycles. The second kappa shape index (κ2) is 32.9. The van der Waals surface area contributed by atoms with E-state index in [0.717, 1.165) is 0 Å². The Bertz CT molecular complexity index is 679. The third-order valence-electron chi connectivity index (χ3n) is 10.8. The summed E-state index contributed by atoms with van der Waals surface area (Å²) in [4.78, 5) is 0. The van der Waals surface area contributed by atoms with Crippen molar-refractivity contribution in [2.24, 2.45) is 0 Å². The van der Waals surface area contributed by atoms with E-state index >= 15 is 0 Å². The van der Waals surface area contributed by atoms with Gasteiger partial charge in [-0.25, -0.2) is 0 Å². The largest absolute Gasteiger partial charge is 0.112 e. The van der Waals surface area contributed by atoms with Gasteiger partial charge >= 0.3 is 0 Å². The van der Waals surface area contributed by atoms with Crippen LogP contribution in [0.2, 0.25) is 0 Å². The molecule has 0 saturated carbocycles. The lowest BCUT2D eigenvalue weighted by Gasteiger charge is -2.34. The fraction of sp³-hybridized carbons (Fsp3) is 0.822. The molecule has 46 heavy (non-hydrogen) atoms. The maximum atomic E-state index is 4.53. The summed E-state index contributed by atoms with van der Waals surface area (Å²) in [6, 6.07) is 11.6. The lowest BCUT2D eigenvalue weighted by Crippen LogP contribution is -2.16. The predicted octanol–water partition coefficient (Wildman–Crippen LogP) is 16.7. The van der Waals surface area contributed by atoms with E-state index in [9.17, 15) is 0 Å². The summed E-state index contributed by atoms with van der Waals surface area (Å²) in [5.74, 6) is 0. The van der Waals surface area contributed by atoms with Crippen molar-refractivity contribution in [3.63, 3.8) is 0 Å². The van der Waals surface area contributed by atoms with E-state index in [1.807, 2.05) is 0 Å². The van der Waals surface area contributed by atoms with Gasteiger partial charge in [-0.3, -0.25) is 0 Å². The Morgan fingerprint density at radius 2 is 0.674 bits per heavy atom. The molecule has 0 fully saturated rings. The van der Waals surface area contributed by atoms with Crippen LogP contribution in [0, 0.1) is 0 Å². The number of hydrogen-bond acceptors (Lipinski definition) is 0. The van der Waals surface area contributed by atoms with Crippen LogP contribution in [0.1, 0.15) is 225 Å². The van der Waals surface area contributed by atoms with Gasteiger partial charge in [-0.1, -0.05) is 212 Å². The van der Waals surface area contributed by atoms with Crippen molar-refractivity contribution >= 4 is 7.26 Å². The number of allylic oxidation sites excluding steroid dienone is 1. The van der Waals surface area contributed by atoms with Crippen molar-refractivity contribution in [3.05, 3.63) is 48.6 Å². The SMILES string of the molecule is C=CC(c1ccccc1)[P+](CCCCCCCCCCCC)(CCCCCCCCCCCC)CCCCCCCCCCCC. The van der Waals surface area contributed by atoms with Crippen LogP contribution in [0.25, 0.3) is 0 Å². The Labute approximate surface area is 292 Å². The van der Waals surface area contributed by atoms with Crippen molar-refractivity contribution in [1.29, 1.82) is 0 Å². The summed E-state index contributed by atoms with van der Waals surface area (Å²) >= 11 is 0. The molecule has 1 aromatic rings. The van der Waals surface area contributed by atoms with Gasteiger partial charge in [-0.15, -0.1) is 0 Å². The fourth-order valence-electron chi connectivity index (χ4n) is 7.82. The summed E-state index contributed by atoms with van der Waals surface area (Å²) in [7, 11) is -1.17. The molecule has 0 aliphatic heterocycles. The molecule has 1 aromatic carbocycles. The van der Waals surface area contributed by atoms with Crippen molar-refractivity contribution in [2.45, 2.75) is 219 Å². The average Bonchev–Trinajstić information content (AvgIpc) is 3.08. The van der Waals surface area contributed by atoms with E-state index < -0.39 is 7.26 Å². The molecule has 0 saturated heterocycles. The molecule has 0 aliphatic carbocycles. The first kappa shape index (κ1) is 43.4. The molecule has 1 atom stereocenters. The van der Waals surface area contributed by atoms with Gasteiger partial charge in [0.1, 0.15) is 5.66 Å². The van der Waals surface area contributed by atoms with Crippen LogP contribution in [-0.4, -0.2) is 18.5 Å². The Kier molecular flexibility index (Phi) is 31.1. The van der Waals surface area contributed by atoms with Crippen LogP contribution >= 0.6 is 7.26 Å². The maximum absolute atomic E-state index is 4.53. The fourth-order valence-corrected chi connectivity index (χ4v) is 13.1. The number of unbranched alkanes of at least 4 members (excludes halogenated alkanes) is 27. The molecule has 0 radical (unpaired) electrons. The van der Waals surface area contributed by atoms with Crippen LogP contribution in [0.5, 0.6) is 0 Å². The normalized spacial score (nSPS) is 12.5. The average molecular weight is 656 g/mol. The molecular weight excluding hydrogens is 571 g/mol. The first-order valence-corrected chi connectivity index (χ1v) is 23.7. The highest BCUT2D eigenvalue weighted by atomic mass is 31.2. The zero-order valence-electron chi connectivity index (χ0n) is 32.0. The number of hydrogen-bond donors (Lipinski definition) is 0. The van der Waals surface area contributed by atoms with Crippen molar-refractivity contribution in [2.75, 3.05) is 18.5 Å². The first-order valence-electron chi connectivity index (χ1n) is 21.3. The second-order valence-corrected chi connectivity index (χ2v) is 19.4. The molecule has 0 spiro atoms. The Hall–Kier alpha value is -0.610. The van der Waals surface area contributed by atoms with E-state index in [4.69, 9.17) is 0 Å².